The van der Waals surface area contributed by atoms with Crippen molar-refractivity contribution in [1.29, 1.82) is 0 Å². The van der Waals surface area contributed by atoms with Crippen LogP contribution in [0, 0.1) is 0 Å². The number of halogens is 4. The van der Waals surface area contributed by atoms with Crippen LogP contribution in [0.5, 0.6) is 5.75 Å². The minimum absolute atomic E-state index is 0. The molecule has 148 valence electrons. The number of nitrogens with one attached hydrogen (secondary N) is 1. The molecule has 0 radical (unpaired) electrons. The number of anilines is 1. The van der Waals surface area contributed by atoms with Gasteiger partial charge in [-0.05, 0) is 31.0 Å². The molecule has 1 amide bonds. The molecule has 1 aliphatic rings. The van der Waals surface area contributed by atoms with Gasteiger partial charge in [-0.2, -0.15) is 13.2 Å². The van der Waals surface area contributed by atoms with Crippen LogP contribution in [0.3, 0.4) is 0 Å². The number of hydrogen-bond acceptors (Lipinski definition) is 5. The fraction of sp³-hybridized carbons (Fsp3) is 0.562. The van der Waals surface area contributed by atoms with E-state index in [0.717, 1.165) is 12.1 Å². The molecule has 0 aliphatic carbocycles. The minimum Gasteiger partial charge on any atom is -0.489 e. The first-order valence-electron chi connectivity index (χ1n) is 7.84. The lowest BCUT2D eigenvalue weighted by Crippen LogP contribution is -2.30. The van der Waals surface area contributed by atoms with E-state index in [2.05, 4.69) is 5.32 Å². The number of benzene rings is 1. The predicted molar refractivity (Wildman–Crippen MR) is 91.6 cm³/mol. The minimum atomic E-state index is -4.53. The molecular weight excluding hydrogens is 377 g/mol. The maximum absolute atomic E-state index is 12.9. The van der Waals surface area contributed by atoms with Crippen molar-refractivity contribution >= 4 is 24.0 Å². The Morgan fingerprint density at radius 1 is 1.35 bits per heavy atom. The van der Waals surface area contributed by atoms with Gasteiger partial charge in [0.15, 0.2) is 0 Å². The highest BCUT2D eigenvalue weighted by atomic mass is 35.5. The van der Waals surface area contributed by atoms with E-state index in [0.29, 0.717) is 19.4 Å². The summed E-state index contributed by atoms with van der Waals surface area (Å²) in [5, 5.41) is 2.47. The number of carbonyl (C=O) groups is 1. The van der Waals surface area contributed by atoms with E-state index in [-0.39, 0.29) is 43.2 Å². The topological polar surface area (TPSA) is 82.8 Å². The number of ether oxygens (including phenoxy) is 3. The van der Waals surface area contributed by atoms with Gasteiger partial charge in [0, 0.05) is 13.7 Å². The van der Waals surface area contributed by atoms with Crippen LogP contribution < -0.4 is 15.8 Å². The zero-order chi connectivity index (χ0) is 18.4. The molecule has 0 unspecified atom stereocenters. The van der Waals surface area contributed by atoms with Crippen molar-refractivity contribution in [2.24, 2.45) is 5.73 Å². The smallest absolute Gasteiger partial charge is 0.416 e. The molecule has 3 N–H and O–H groups in total. The molecule has 10 heteroatoms. The zero-order valence-corrected chi connectivity index (χ0v) is 15.0. The van der Waals surface area contributed by atoms with E-state index >= 15 is 0 Å². The van der Waals surface area contributed by atoms with Crippen LogP contribution in [0.2, 0.25) is 0 Å². The quantitative estimate of drug-likeness (QED) is 0.690. The fourth-order valence-electron chi connectivity index (χ4n) is 2.45. The van der Waals surface area contributed by atoms with Crippen LogP contribution in [0.4, 0.5) is 18.9 Å². The maximum Gasteiger partial charge on any atom is 0.416 e. The molecule has 1 aromatic rings. The van der Waals surface area contributed by atoms with Crippen LogP contribution in [0.25, 0.3) is 0 Å². The summed E-state index contributed by atoms with van der Waals surface area (Å²) >= 11 is 0. The zero-order valence-electron chi connectivity index (χ0n) is 14.2. The Balaban J connectivity index is 0.00000338. The first-order valence-corrected chi connectivity index (χ1v) is 7.84. The maximum atomic E-state index is 12.9. The second-order valence-corrected chi connectivity index (χ2v) is 5.60. The summed E-state index contributed by atoms with van der Waals surface area (Å²) in [6, 6.07) is 2.91. The average molecular weight is 399 g/mol. The second kappa shape index (κ2) is 9.96. The van der Waals surface area contributed by atoms with Gasteiger partial charge in [0.25, 0.3) is 5.91 Å². The van der Waals surface area contributed by atoms with Crippen molar-refractivity contribution in [3.8, 4) is 5.75 Å². The second-order valence-electron chi connectivity index (χ2n) is 5.60. The summed E-state index contributed by atoms with van der Waals surface area (Å²) < 4.78 is 54.5. The number of rotatable bonds is 7. The van der Waals surface area contributed by atoms with Gasteiger partial charge >= 0.3 is 6.18 Å². The Morgan fingerprint density at radius 2 is 2.08 bits per heavy atom. The van der Waals surface area contributed by atoms with Crippen molar-refractivity contribution in [2.75, 3.05) is 32.2 Å². The summed E-state index contributed by atoms with van der Waals surface area (Å²) in [4.78, 5) is 12.3. The van der Waals surface area contributed by atoms with Crippen LogP contribution in [0.1, 0.15) is 18.4 Å². The first kappa shape index (κ1) is 22.5. The monoisotopic (exact) mass is 398 g/mol. The average Bonchev–Trinajstić information content (AvgIpc) is 3.04. The number of alkyl halides is 3. The van der Waals surface area contributed by atoms with Crippen molar-refractivity contribution in [3.63, 3.8) is 0 Å². The van der Waals surface area contributed by atoms with E-state index < -0.39 is 23.8 Å². The van der Waals surface area contributed by atoms with Crippen molar-refractivity contribution < 1.29 is 32.2 Å². The molecule has 2 rings (SSSR count). The molecule has 0 bridgehead atoms. The summed E-state index contributed by atoms with van der Waals surface area (Å²) in [5.41, 5.74) is 4.56. The molecule has 0 spiro atoms. The Hall–Kier alpha value is -1.55. The molecule has 0 aromatic heterocycles. The van der Waals surface area contributed by atoms with Crippen molar-refractivity contribution in [3.05, 3.63) is 23.8 Å². The van der Waals surface area contributed by atoms with E-state index in [4.69, 9.17) is 19.9 Å². The fourth-order valence-corrected chi connectivity index (χ4v) is 2.45. The Labute approximate surface area is 155 Å². The van der Waals surface area contributed by atoms with Crippen LogP contribution in [0.15, 0.2) is 18.2 Å². The van der Waals surface area contributed by atoms with E-state index in [1.54, 1.807) is 0 Å². The third kappa shape index (κ3) is 6.01. The predicted octanol–water partition coefficient (Wildman–Crippen LogP) is 2.60. The lowest BCUT2D eigenvalue weighted by Gasteiger charge is -2.17. The normalized spacial score (nSPS) is 19.7. The number of amides is 1. The SMILES string of the molecule is COCCOc1ccc(C(F)(F)F)cc1NC(=O)[C@@H]1CC[C@H](CN)O1.Cl. The lowest BCUT2D eigenvalue weighted by molar-refractivity contribution is -0.137. The Morgan fingerprint density at radius 3 is 2.65 bits per heavy atom. The Kier molecular flexibility index (Phi) is 8.61. The van der Waals surface area contributed by atoms with Gasteiger partial charge in [0.1, 0.15) is 18.5 Å². The van der Waals surface area contributed by atoms with Crippen molar-refractivity contribution in [1.82, 2.24) is 0 Å². The summed E-state index contributed by atoms with van der Waals surface area (Å²) in [7, 11) is 1.48. The van der Waals surface area contributed by atoms with E-state index in [9.17, 15) is 18.0 Å². The molecule has 0 saturated carbocycles. The van der Waals surface area contributed by atoms with E-state index in [1.807, 2.05) is 0 Å². The molecule has 6 nitrogen and oxygen atoms in total. The van der Waals surface area contributed by atoms with Gasteiger partial charge in [-0.1, -0.05) is 0 Å². The van der Waals surface area contributed by atoms with E-state index in [1.165, 1.54) is 13.2 Å². The number of carbonyl (C=O) groups excluding carboxylic acids is 1. The highest BCUT2D eigenvalue weighted by molar-refractivity contribution is 5.95. The van der Waals surface area contributed by atoms with Crippen molar-refractivity contribution in [2.45, 2.75) is 31.2 Å². The van der Waals surface area contributed by atoms with Gasteiger partial charge < -0.3 is 25.3 Å². The van der Waals surface area contributed by atoms with Gasteiger partial charge in [-0.25, -0.2) is 0 Å². The number of nitrogens with two attached hydrogens (primary N) is 1. The largest absolute Gasteiger partial charge is 0.489 e. The summed E-state index contributed by atoms with van der Waals surface area (Å²) in [6.07, 6.45) is -4.38. The molecule has 1 aromatic carbocycles. The third-order valence-electron chi connectivity index (χ3n) is 3.77. The van der Waals surface area contributed by atoms with Crippen LogP contribution in [-0.2, 0) is 20.4 Å². The first-order chi connectivity index (χ1) is 11.8. The van der Waals surface area contributed by atoms with Gasteiger partial charge in [0.05, 0.1) is 24.0 Å². The standard InChI is InChI=1S/C16H21F3N2O4.ClH/c1-23-6-7-24-13-4-2-10(16(17,18)19)8-12(13)21-15(22)14-5-3-11(9-20)25-14;/h2,4,8,11,14H,3,5-7,9,20H2,1H3,(H,21,22);1H/t11-,14+;/m1./s1. The van der Waals surface area contributed by atoms with Gasteiger partial charge in [-0.15, -0.1) is 12.4 Å². The molecular formula is C16H22ClF3N2O4. The molecule has 1 saturated heterocycles. The highest BCUT2D eigenvalue weighted by Gasteiger charge is 2.33. The van der Waals surface area contributed by atoms with Crippen LogP contribution >= 0.6 is 12.4 Å². The molecule has 1 heterocycles. The Bertz CT molecular complexity index is 601. The van der Waals surface area contributed by atoms with Crippen LogP contribution in [-0.4, -0.2) is 45.0 Å². The highest BCUT2D eigenvalue weighted by Crippen LogP contribution is 2.35. The van der Waals surface area contributed by atoms with Gasteiger partial charge in [-0.3, -0.25) is 4.79 Å². The number of methoxy groups -OCH3 is 1. The molecule has 1 aliphatic heterocycles. The number of hydrogen-bond donors (Lipinski definition) is 2. The molecule has 2 atom stereocenters. The molecule has 26 heavy (non-hydrogen) atoms. The summed E-state index contributed by atoms with van der Waals surface area (Å²) in [5.74, 6) is -0.390. The third-order valence-corrected chi connectivity index (χ3v) is 3.77. The van der Waals surface area contributed by atoms with Gasteiger partial charge in [0.2, 0.25) is 0 Å². The lowest BCUT2D eigenvalue weighted by atomic mass is 10.1. The molecule has 1 fully saturated rings. The summed E-state index contributed by atoms with van der Waals surface area (Å²) in [6.45, 7) is 0.691.